The van der Waals surface area contributed by atoms with Crippen LogP contribution in [-0.2, 0) is 4.79 Å². The van der Waals surface area contributed by atoms with Crippen molar-refractivity contribution in [3.8, 4) is 0 Å². The van der Waals surface area contributed by atoms with Crippen LogP contribution in [0.3, 0.4) is 0 Å². The third-order valence-electron chi connectivity index (χ3n) is 2.24. The molecular formula is C10H10OS. The summed E-state index contributed by atoms with van der Waals surface area (Å²) in [4.78, 5) is 12.0. The Morgan fingerprint density at radius 3 is 3.17 bits per heavy atom. The molecule has 12 heavy (non-hydrogen) atoms. The van der Waals surface area contributed by atoms with Crippen molar-refractivity contribution in [2.75, 3.05) is 5.75 Å². The van der Waals surface area contributed by atoms with Gasteiger partial charge in [0, 0.05) is 10.6 Å². The predicted molar refractivity (Wildman–Crippen MR) is 50.7 cm³/mol. The molecule has 0 saturated heterocycles. The second-order valence-electron chi connectivity index (χ2n) is 3.04. The lowest BCUT2D eigenvalue weighted by atomic mass is 9.98. The van der Waals surface area contributed by atoms with Crippen molar-refractivity contribution >= 4 is 18.0 Å². The number of hydrogen-bond acceptors (Lipinski definition) is 2. The van der Waals surface area contributed by atoms with Gasteiger partial charge in [0.1, 0.15) is 6.29 Å². The van der Waals surface area contributed by atoms with Gasteiger partial charge in [-0.3, -0.25) is 0 Å². The quantitative estimate of drug-likeness (QED) is 0.614. The molecule has 0 saturated carbocycles. The van der Waals surface area contributed by atoms with Crippen LogP contribution in [-0.4, -0.2) is 12.0 Å². The summed E-state index contributed by atoms with van der Waals surface area (Å²) < 4.78 is 0. The van der Waals surface area contributed by atoms with Crippen LogP contribution in [0, 0.1) is 6.92 Å². The van der Waals surface area contributed by atoms with Crippen LogP contribution < -0.4 is 0 Å². The van der Waals surface area contributed by atoms with Gasteiger partial charge in [0.05, 0.1) is 5.92 Å². The monoisotopic (exact) mass is 178 g/mol. The SMILES string of the molecule is Cc1cccc2c1C(C=O)CS2. The van der Waals surface area contributed by atoms with Gasteiger partial charge in [-0.15, -0.1) is 11.8 Å². The summed E-state index contributed by atoms with van der Waals surface area (Å²) in [6, 6.07) is 6.21. The van der Waals surface area contributed by atoms with E-state index in [9.17, 15) is 4.79 Å². The Kier molecular flexibility index (Phi) is 1.93. The van der Waals surface area contributed by atoms with Gasteiger partial charge in [0.2, 0.25) is 0 Å². The van der Waals surface area contributed by atoms with Gasteiger partial charge in [-0.05, 0) is 24.1 Å². The van der Waals surface area contributed by atoms with Crippen molar-refractivity contribution < 1.29 is 4.79 Å². The number of carbonyl (C=O) groups excluding carboxylic acids is 1. The van der Waals surface area contributed by atoms with Gasteiger partial charge in [-0.1, -0.05) is 12.1 Å². The molecule has 1 heterocycles. The van der Waals surface area contributed by atoms with Gasteiger partial charge in [-0.25, -0.2) is 0 Å². The summed E-state index contributed by atoms with van der Waals surface area (Å²) in [6.07, 6.45) is 1.06. The van der Waals surface area contributed by atoms with E-state index in [1.807, 2.05) is 6.07 Å². The molecule has 0 amide bonds. The van der Waals surface area contributed by atoms with Crippen molar-refractivity contribution in [3.63, 3.8) is 0 Å². The normalized spacial score (nSPS) is 20.6. The van der Waals surface area contributed by atoms with Crippen LogP contribution in [0.5, 0.6) is 0 Å². The molecule has 0 N–H and O–H groups in total. The van der Waals surface area contributed by atoms with E-state index in [0.717, 1.165) is 12.0 Å². The highest BCUT2D eigenvalue weighted by Crippen LogP contribution is 2.39. The molecule has 1 aliphatic heterocycles. The molecule has 0 aromatic heterocycles. The first-order chi connectivity index (χ1) is 5.83. The van der Waals surface area contributed by atoms with Crippen LogP contribution in [0.2, 0.25) is 0 Å². The molecule has 0 fully saturated rings. The number of benzene rings is 1. The predicted octanol–water partition coefficient (Wildman–Crippen LogP) is 2.38. The Bertz CT molecular complexity index is 320. The highest BCUT2D eigenvalue weighted by molar-refractivity contribution is 7.99. The molecule has 2 rings (SSSR count). The van der Waals surface area contributed by atoms with Crippen molar-refractivity contribution in [2.24, 2.45) is 0 Å². The maximum absolute atomic E-state index is 10.7. The minimum Gasteiger partial charge on any atom is -0.303 e. The van der Waals surface area contributed by atoms with Crippen molar-refractivity contribution in [1.82, 2.24) is 0 Å². The molecule has 62 valence electrons. The molecule has 1 aliphatic rings. The Labute approximate surface area is 76.2 Å². The summed E-state index contributed by atoms with van der Waals surface area (Å²) in [5.74, 6) is 1.05. The van der Waals surface area contributed by atoms with Crippen LogP contribution in [0.1, 0.15) is 17.0 Å². The van der Waals surface area contributed by atoms with Crippen molar-refractivity contribution in [1.29, 1.82) is 0 Å². The molecule has 0 radical (unpaired) electrons. The second kappa shape index (κ2) is 2.94. The molecule has 1 aromatic carbocycles. The highest BCUT2D eigenvalue weighted by Gasteiger charge is 2.23. The zero-order valence-corrected chi connectivity index (χ0v) is 7.73. The van der Waals surface area contributed by atoms with E-state index in [2.05, 4.69) is 19.1 Å². The molecular weight excluding hydrogens is 168 g/mol. The van der Waals surface area contributed by atoms with Crippen LogP contribution in [0.15, 0.2) is 23.1 Å². The van der Waals surface area contributed by atoms with E-state index < -0.39 is 0 Å². The number of fused-ring (bicyclic) bond motifs is 1. The maximum Gasteiger partial charge on any atom is 0.128 e. The van der Waals surface area contributed by atoms with Crippen molar-refractivity contribution in [2.45, 2.75) is 17.7 Å². The van der Waals surface area contributed by atoms with Gasteiger partial charge < -0.3 is 4.79 Å². The lowest BCUT2D eigenvalue weighted by molar-refractivity contribution is -0.108. The molecule has 1 atom stereocenters. The number of hydrogen-bond donors (Lipinski definition) is 0. The average Bonchev–Trinajstić information content (AvgIpc) is 2.49. The van der Waals surface area contributed by atoms with Crippen LogP contribution in [0.25, 0.3) is 0 Å². The molecule has 0 spiro atoms. The Morgan fingerprint density at radius 2 is 2.42 bits per heavy atom. The van der Waals surface area contributed by atoms with Crippen LogP contribution >= 0.6 is 11.8 Å². The maximum atomic E-state index is 10.7. The molecule has 1 aromatic rings. The van der Waals surface area contributed by atoms with E-state index in [1.54, 1.807) is 11.8 Å². The van der Waals surface area contributed by atoms with Gasteiger partial charge in [0.15, 0.2) is 0 Å². The number of aryl methyl sites for hydroxylation is 1. The summed E-state index contributed by atoms with van der Waals surface area (Å²) in [7, 11) is 0. The first-order valence-corrected chi connectivity index (χ1v) is 4.99. The standard InChI is InChI=1S/C10H10OS/c1-7-3-2-4-9-10(7)8(5-11)6-12-9/h2-5,8H,6H2,1H3. The van der Waals surface area contributed by atoms with Gasteiger partial charge in [0.25, 0.3) is 0 Å². The Hall–Kier alpha value is -0.760. The summed E-state index contributed by atoms with van der Waals surface area (Å²) in [5.41, 5.74) is 2.49. The second-order valence-corrected chi connectivity index (χ2v) is 4.10. The lowest BCUT2D eigenvalue weighted by Gasteiger charge is -2.05. The highest BCUT2D eigenvalue weighted by atomic mass is 32.2. The molecule has 0 aliphatic carbocycles. The third-order valence-corrected chi connectivity index (χ3v) is 3.43. The third kappa shape index (κ3) is 1.07. The fourth-order valence-corrected chi connectivity index (χ4v) is 2.87. The van der Waals surface area contributed by atoms with E-state index in [0.29, 0.717) is 0 Å². The number of rotatable bonds is 1. The Morgan fingerprint density at radius 1 is 1.58 bits per heavy atom. The number of thioether (sulfide) groups is 1. The van der Waals surface area contributed by atoms with E-state index >= 15 is 0 Å². The smallest absolute Gasteiger partial charge is 0.128 e. The van der Waals surface area contributed by atoms with E-state index in [1.165, 1.54) is 16.0 Å². The van der Waals surface area contributed by atoms with Gasteiger partial charge in [-0.2, -0.15) is 0 Å². The fourth-order valence-electron chi connectivity index (χ4n) is 1.62. The first-order valence-electron chi connectivity index (χ1n) is 4.00. The Balaban J connectivity index is 2.55. The van der Waals surface area contributed by atoms with Gasteiger partial charge >= 0.3 is 0 Å². The minimum absolute atomic E-state index is 0.131. The van der Waals surface area contributed by atoms with Crippen LogP contribution in [0.4, 0.5) is 0 Å². The zero-order valence-electron chi connectivity index (χ0n) is 6.91. The number of carbonyl (C=O) groups is 1. The lowest BCUT2D eigenvalue weighted by Crippen LogP contribution is -1.99. The number of aldehydes is 1. The largest absolute Gasteiger partial charge is 0.303 e. The summed E-state index contributed by atoms with van der Waals surface area (Å²) >= 11 is 1.78. The average molecular weight is 178 g/mol. The summed E-state index contributed by atoms with van der Waals surface area (Å²) in [5, 5.41) is 0. The fraction of sp³-hybridized carbons (Fsp3) is 0.300. The molecule has 2 heteroatoms. The molecule has 1 unspecified atom stereocenters. The summed E-state index contributed by atoms with van der Waals surface area (Å²) in [6.45, 7) is 2.07. The molecule has 0 bridgehead atoms. The van der Waals surface area contributed by atoms with E-state index in [-0.39, 0.29) is 5.92 Å². The minimum atomic E-state index is 0.131. The zero-order chi connectivity index (χ0) is 8.55. The first kappa shape index (κ1) is 7.87. The van der Waals surface area contributed by atoms with E-state index in [4.69, 9.17) is 0 Å². The molecule has 1 nitrogen and oxygen atoms in total. The topological polar surface area (TPSA) is 17.1 Å². The van der Waals surface area contributed by atoms with Crippen molar-refractivity contribution in [3.05, 3.63) is 29.3 Å².